The van der Waals surface area contributed by atoms with Crippen molar-refractivity contribution in [1.29, 1.82) is 0 Å². The number of amides is 1. The molecule has 0 aliphatic carbocycles. The Kier molecular flexibility index (Phi) is 6.27. The second-order valence-electron chi connectivity index (χ2n) is 6.46. The quantitative estimate of drug-likeness (QED) is 0.853. The topological polar surface area (TPSA) is 32.3 Å². The van der Waals surface area contributed by atoms with Crippen molar-refractivity contribution < 1.29 is 18.0 Å². The van der Waals surface area contributed by atoms with Crippen LogP contribution in [0.15, 0.2) is 24.3 Å². The van der Waals surface area contributed by atoms with Crippen LogP contribution in [0.3, 0.4) is 0 Å². The minimum Gasteiger partial charge on any atom is -0.338 e. The second-order valence-corrected chi connectivity index (χ2v) is 6.46. The lowest BCUT2D eigenvalue weighted by Crippen LogP contribution is -2.42. The van der Waals surface area contributed by atoms with E-state index in [0.29, 0.717) is 12.1 Å². The summed E-state index contributed by atoms with van der Waals surface area (Å²) in [5, 5.41) is 3.26. The maximum Gasteiger partial charge on any atom is 0.416 e. The zero-order chi connectivity index (χ0) is 17.7. The van der Waals surface area contributed by atoms with Gasteiger partial charge in [0.1, 0.15) is 0 Å². The van der Waals surface area contributed by atoms with Gasteiger partial charge < -0.3 is 10.2 Å². The van der Waals surface area contributed by atoms with Crippen LogP contribution >= 0.6 is 0 Å². The molecule has 1 saturated heterocycles. The van der Waals surface area contributed by atoms with Crippen LogP contribution in [0.1, 0.15) is 50.2 Å². The Morgan fingerprint density at radius 3 is 2.75 bits per heavy atom. The highest BCUT2D eigenvalue weighted by Gasteiger charge is 2.31. The lowest BCUT2D eigenvalue weighted by atomic mass is 9.95. The molecule has 1 aliphatic heterocycles. The third-order valence-electron chi connectivity index (χ3n) is 4.52. The predicted molar refractivity (Wildman–Crippen MR) is 87.8 cm³/mol. The maximum atomic E-state index is 12.8. The Labute approximate surface area is 141 Å². The number of hydrogen-bond acceptors (Lipinski definition) is 2. The predicted octanol–water partition coefficient (Wildman–Crippen LogP) is 3.80. The average Bonchev–Trinajstić information content (AvgIpc) is 3.05. The molecular formula is C18H25F3N2O. The fraction of sp³-hybridized carbons (Fsp3) is 0.611. The van der Waals surface area contributed by atoms with Crippen LogP contribution in [0.25, 0.3) is 0 Å². The van der Waals surface area contributed by atoms with Crippen LogP contribution < -0.4 is 5.32 Å². The standard InChI is InChI=1S/C18H25F3N2O/c1-3-9-23(16-7-8-22-12-16)17(24)10-13(2)14-5-4-6-15(11-14)18(19,20)21/h4-6,11,13,16,22H,3,7-10,12H2,1-2H3. The molecule has 2 unspecified atom stereocenters. The first-order valence-electron chi connectivity index (χ1n) is 8.50. The van der Waals surface area contributed by atoms with Crippen molar-refractivity contribution in [2.45, 2.75) is 51.2 Å². The lowest BCUT2D eigenvalue weighted by molar-refractivity contribution is -0.137. The van der Waals surface area contributed by atoms with E-state index in [1.165, 1.54) is 6.07 Å². The zero-order valence-corrected chi connectivity index (χ0v) is 14.2. The summed E-state index contributed by atoms with van der Waals surface area (Å²) in [5.41, 5.74) is -0.108. The molecule has 1 aliphatic rings. The summed E-state index contributed by atoms with van der Waals surface area (Å²) in [6.07, 6.45) is -2.31. The van der Waals surface area contributed by atoms with Gasteiger partial charge in [0.2, 0.25) is 5.91 Å². The number of nitrogens with one attached hydrogen (secondary N) is 1. The van der Waals surface area contributed by atoms with Gasteiger partial charge in [-0.3, -0.25) is 4.79 Å². The number of halogens is 3. The molecule has 2 rings (SSSR count). The smallest absolute Gasteiger partial charge is 0.338 e. The van der Waals surface area contributed by atoms with Crippen molar-refractivity contribution in [1.82, 2.24) is 10.2 Å². The van der Waals surface area contributed by atoms with Crippen LogP contribution in [-0.4, -0.2) is 36.5 Å². The molecule has 6 heteroatoms. The second kappa shape index (κ2) is 8.01. The highest BCUT2D eigenvalue weighted by atomic mass is 19.4. The molecule has 24 heavy (non-hydrogen) atoms. The number of alkyl halides is 3. The molecule has 1 aromatic carbocycles. The Balaban J connectivity index is 2.07. The maximum absolute atomic E-state index is 12.8. The molecule has 3 nitrogen and oxygen atoms in total. The summed E-state index contributed by atoms with van der Waals surface area (Å²) in [6.45, 7) is 6.23. The summed E-state index contributed by atoms with van der Waals surface area (Å²) in [6, 6.07) is 5.48. The van der Waals surface area contributed by atoms with Gasteiger partial charge in [0.25, 0.3) is 0 Å². The summed E-state index contributed by atoms with van der Waals surface area (Å²) >= 11 is 0. The van der Waals surface area contributed by atoms with Crippen molar-refractivity contribution in [2.24, 2.45) is 0 Å². The molecule has 1 N–H and O–H groups in total. The molecule has 0 spiro atoms. The van der Waals surface area contributed by atoms with E-state index >= 15 is 0 Å². The monoisotopic (exact) mass is 342 g/mol. The molecule has 1 fully saturated rings. The third-order valence-corrected chi connectivity index (χ3v) is 4.52. The fourth-order valence-corrected chi connectivity index (χ4v) is 3.18. The van der Waals surface area contributed by atoms with Gasteiger partial charge in [-0.2, -0.15) is 13.2 Å². The highest BCUT2D eigenvalue weighted by Crippen LogP contribution is 2.32. The molecule has 1 amide bonds. The first-order valence-corrected chi connectivity index (χ1v) is 8.50. The molecule has 0 aromatic heterocycles. The van der Waals surface area contributed by atoms with Crippen LogP contribution in [0.5, 0.6) is 0 Å². The summed E-state index contributed by atoms with van der Waals surface area (Å²) in [4.78, 5) is 14.6. The lowest BCUT2D eigenvalue weighted by Gasteiger charge is -2.29. The van der Waals surface area contributed by atoms with Gasteiger partial charge in [-0.25, -0.2) is 0 Å². The number of carbonyl (C=O) groups is 1. The van der Waals surface area contributed by atoms with E-state index in [9.17, 15) is 18.0 Å². The van der Waals surface area contributed by atoms with Gasteiger partial charge in [0, 0.05) is 25.6 Å². The van der Waals surface area contributed by atoms with Crippen molar-refractivity contribution in [2.75, 3.05) is 19.6 Å². The van der Waals surface area contributed by atoms with E-state index in [1.54, 1.807) is 6.07 Å². The molecule has 1 heterocycles. The number of benzene rings is 1. The van der Waals surface area contributed by atoms with E-state index in [2.05, 4.69) is 5.32 Å². The molecule has 2 atom stereocenters. The van der Waals surface area contributed by atoms with Crippen LogP contribution in [0, 0.1) is 0 Å². The first-order chi connectivity index (χ1) is 11.3. The number of rotatable bonds is 6. The number of nitrogens with zero attached hydrogens (tertiary/aromatic N) is 1. The van der Waals surface area contributed by atoms with Gasteiger partial charge in [-0.15, -0.1) is 0 Å². The van der Waals surface area contributed by atoms with E-state index in [0.717, 1.165) is 38.1 Å². The Bertz CT molecular complexity index is 553. The average molecular weight is 342 g/mol. The van der Waals surface area contributed by atoms with Gasteiger partial charge >= 0.3 is 6.18 Å². The van der Waals surface area contributed by atoms with Crippen molar-refractivity contribution in [3.05, 3.63) is 35.4 Å². The first kappa shape index (κ1) is 18.8. The minimum absolute atomic E-state index is 0.0236. The van der Waals surface area contributed by atoms with E-state index < -0.39 is 11.7 Å². The summed E-state index contributed by atoms with van der Waals surface area (Å²) in [5.74, 6) is -0.219. The SMILES string of the molecule is CCCN(C(=O)CC(C)c1cccc(C(F)(F)F)c1)C1CCNC1. The number of hydrogen-bond donors (Lipinski definition) is 1. The van der Waals surface area contributed by atoms with Crippen LogP contribution in [-0.2, 0) is 11.0 Å². The summed E-state index contributed by atoms with van der Waals surface area (Å²) < 4.78 is 38.5. The van der Waals surface area contributed by atoms with E-state index in [-0.39, 0.29) is 24.3 Å². The van der Waals surface area contributed by atoms with Crippen molar-refractivity contribution in [3.8, 4) is 0 Å². The van der Waals surface area contributed by atoms with E-state index in [1.807, 2.05) is 18.7 Å². The molecule has 1 aromatic rings. The van der Waals surface area contributed by atoms with Crippen LogP contribution in [0.4, 0.5) is 13.2 Å². The minimum atomic E-state index is -4.36. The van der Waals surface area contributed by atoms with E-state index in [4.69, 9.17) is 0 Å². The Hall–Kier alpha value is -1.56. The Morgan fingerprint density at radius 2 is 2.17 bits per heavy atom. The fourth-order valence-electron chi connectivity index (χ4n) is 3.18. The number of carbonyl (C=O) groups excluding carboxylic acids is 1. The summed E-state index contributed by atoms with van der Waals surface area (Å²) in [7, 11) is 0. The van der Waals surface area contributed by atoms with Gasteiger partial charge in [0.05, 0.1) is 5.56 Å². The van der Waals surface area contributed by atoms with Crippen molar-refractivity contribution >= 4 is 5.91 Å². The largest absolute Gasteiger partial charge is 0.416 e. The van der Waals surface area contributed by atoms with Crippen LogP contribution in [0.2, 0.25) is 0 Å². The molecular weight excluding hydrogens is 317 g/mol. The third kappa shape index (κ3) is 4.72. The van der Waals surface area contributed by atoms with Gasteiger partial charge in [-0.1, -0.05) is 32.0 Å². The molecule has 134 valence electrons. The van der Waals surface area contributed by atoms with Gasteiger partial charge in [-0.05, 0) is 36.9 Å². The zero-order valence-electron chi connectivity index (χ0n) is 14.2. The van der Waals surface area contributed by atoms with Gasteiger partial charge in [0.15, 0.2) is 0 Å². The molecule has 0 radical (unpaired) electrons. The Morgan fingerprint density at radius 1 is 1.42 bits per heavy atom. The molecule has 0 bridgehead atoms. The molecule has 0 saturated carbocycles. The normalized spacial score (nSPS) is 19.3. The van der Waals surface area contributed by atoms with Crippen molar-refractivity contribution in [3.63, 3.8) is 0 Å². The highest BCUT2D eigenvalue weighted by molar-refractivity contribution is 5.77.